The van der Waals surface area contributed by atoms with Crippen molar-refractivity contribution in [2.45, 2.75) is 57.0 Å². The van der Waals surface area contributed by atoms with Gasteiger partial charge in [-0.25, -0.2) is 0 Å². The quantitative estimate of drug-likeness (QED) is 0.812. The second-order valence-corrected chi connectivity index (χ2v) is 8.42. The maximum absolute atomic E-state index is 12.6. The van der Waals surface area contributed by atoms with Gasteiger partial charge in [0.05, 0.1) is 6.54 Å². The van der Waals surface area contributed by atoms with E-state index in [0.29, 0.717) is 63.1 Å². The van der Waals surface area contributed by atoms with Gasteiger partial charge in [-0.2, -0.15) is 0 Å². The highest BCUT2D eigenvalue weighted by molar-refractivity contribution is 5.79. The van der Waals surface area contributed by atoms with Crippen LogP contribution in [-0.2, 0) is 9.59 Å². The van der Waals surface area contributed by atoms with Crippen molar-refractivity contribution in [3.05, 3.63) is 0 Å². The van der Waals surface area contributed by atoms with Gasteiger partial charge >= 0.3 is 0 Å². The third-order valence-corrected chi connectivity index (χ3v) is 6.58. The van der Waals surface area contributed by atoms with Crippen LogP contribution in [0.25, 0.3) is 0 Å². The Balaban J connectivity index is 1.20. The van der Waals surface area contributed by atoms with E-state index in [1.165, 1.54) is 25.7 Å². The van der Waals surface area contributed by atoms with Gasteiger partial charge in [-0.3, -0.25) is 14.5 Å². The molecule has 2 atom stereocenters. The van der Waals surface area contributed by atoms with E-state index in [0.717, 1.165) is 25.9 Å². The van der Waals surface area contributed by atoms with Crippen LogP contribution in [0.1, 0.15) is 44.9 Å². The summed E-state index contributed by atoms with van der Waals surface area (Å²) >= 11 is 0. The number of hydrogen-bond acceptors (Lipinski definition) is 4. The van der Waals surface area contributed by atoms with Gasteiger partial charge in [0.2, 0.25) is 11.8 Å². The van der Waals surface area contributed by atoms with E-state index in [1.807, 2.05) is 9.80 Å². The topological polar surface area (TPSA) is 55.9 Å². The first-order valence-electron chi connectivity index (χ1n) is 10.2. The lowest BCUT2D eigenvalue weighted by Gasteiger charge is -2.37. The molecular formula is C19H32N4O2. The van der Waals surface area contributed by atoms with Crippen molar-refractivity contribution >= 4 is 11.8 Å². The largest absolute Gasteiger partial charge is 0.339 e. The molecule has 4 aliphatic heterocycles. The third-order valence-electron chi connectivity index (χ3n) is 6.58. The molecule has 4 fully saturated rings. The predicted molar refractivity (Wildman–Crippen MR) is 96.1 cm³/mol. The minimum atomic E-state index is 0.240. The average molecular weight is 348 g/mol. The number of likely N-dealkylation sites (tertiary alicyclic amines) is 1. The van der Waals surface area contributed by atoms with Crippen LogP contribution >= 0.6 is 0 Å². The van der Waals surface area contributed by atoms with E-state index in [9.17, 15) is 9.59 Å². The normalized spacial score (nSPS) is 33.0. The molecule has 2 unspecified atom stereocenters. The number of nitrogens with one attached hydrogen (secondary N) is 1. The smallest absolute Gasteiger partial charge is 0.236 e. The number of piperidine rings is 1. The zero-order valence-corrected chi connectivity index (χ0v) is 15.3. The number of hydrogen-bond donors (Lipinski definition) is 1. The van der Waals surface area contributed by atoms with Crippen LogP contribution in [-0.4, -0.2) is 84.4 Å². The van der Waals surface area contributed by atoms with E-state index in [4.69, 9.17) is 0 Å². The summed E-state index contributed by atoms with van der Waals surface area (Å²) in [7, 11) is 0. The van der Waals surface area contributed by atoms with Gasteiger partial charge in [0.1, 0.15) is 0 Å². The second-order valence-electron chi connectivity index (χ2n) is 8.42. The van der Waals surface area contributed by atoms with Gasteiger partial charge in [-0.1, -0.05) is 0 Å². The standard InChI is InChI=1S/C19H32N4O2/c24-18(13-15-11-16-3-4-17(12-15)20-16)22-7-9-23(10-8-22)19(25)14-21-5-1-2-6-21/h15-17,20H,1-14H2. The lowest BCUT2D eigenvalue weighted by Crippen LogP contribution is -2.53. The van der Waals surface area contributed by atoms with Crippen LogP contribution in [0.4, 0.5) is 0 Å². The molecule has 0 radical (unpaired) electrons. The molecule has 2 bridgehead atoms. The van der Waals surface area contributed by atoms with E-state index < -0.39 is 0 Å². The zero-order chi connectivity index (χ0) is 17.2. The lowest BCUT2D eigenvalue weighted by molar-refractivity contribution is -0.140. The Labute approximate surface area is 150 Å². The Morgan fingerprint density at radius 3 is 1.96 bits per heavy atom. The minimum Gasteiger partial charge on any atom is -0.339 e. The van der Waals surface area contributed by atoms with E-state index in [1.54, 1.807) is 0 Å². The van der Waals surface area contributed by atoms with Crippen molar-refractivity contribution < 1.29 is 9.59 Å². The molecule has 1 N–H and O–H groups in total. The van der Waals surface area contributed by atoms with Crippen LogP contribution < -0.4 is 5.32 Å². The molecule has 0 aromatic rings. The number of carbonyl (C=O) groups is 2. The Morgan fingerprint density at radius 2 is 1.36 bits per heavy atom. The highest BCUT2D eigenvalue weighted by Gasteiger charge is 2.35. The number of carbonyl (C=O) groups excluding carboxylic acids is 2. The number of piperazine rings is 1. The van der Waals surface area contributed by atoms with Crippen molar-refractivity contribution in [1.82, 2.24) is 20.0 Å². The van der Waals surface area contributed by atoms with E-state index in [-0.39, 0.29) is 5.91 Å². The van der Waals surface area contributed by atoms with Crippen molar-refractivity contribution in [1.29, 1.82) is 0 Å². The van der Waals surface area contributed by atoms with Crippen molar-refractivity contribution in [2.24, 2.45) is 5.92 Å². The molecule has 0 spiro atoms. The van der Waals surface area contributed by atoms with Crippen LogP contribution in [0, 0.1) is 5.92 Å². The van der Waals surface area contributed by atoms with Crippen LogP contribution in [0.5, 0.6) is 0 Å². The maximum atomic E-state index is 12.6. The molecule has 0 saturated carbocycles. The van der Waals surface area contributed by atoms with Gasteiger partial charge < -0.3 is 15.1 Å². The first-order valence-corrected chi connectivity index (χ1v) is 10.2. The van der Waals surface area contributed by atoms with Crippen molar-refractivity contribution in [3.8, 4) is 0 Å². The zero-order valence-electron chi connectivity index (χ0n) is 15.3. The second kappa shape index (κ2) is 7.62. The van der Waals surface area contributed by atoms with Gasteiger partial charge in [0.25, 0.3) is 0 Å². The molecule has 0 aliphatic carbocycles. The molecule has 25 heavy (non-hydrogen) atoms. The fourth-order valence-corrected chi connectivity index (χ4v) is 5.16. The summed E-state index contributed by atoms with van der Waals surface area (Å²) in [6, 6.07) is 1.30. The molecule has 2 amide bonds. The fraction of sp³-hybridized carbons (Fsp3) is 0.895. The minimum absolute atomic E-state index is 0.240. The summed E-state index contributed by atoms with van der Waals surface area (Å²) in [4.78, 5) is 31.2. The maximum Gasteiger partial charge on any atom is 0.236 e. The Kier molecular flexibility index (Phi) is 5.27. The van der Waals surface area contributed by atoms with Gasteiger partial charge in [0, 0.05) is 44.7 Å². The first-order chi connectivity index (χ1) is 12.2. The highest BCUT2D eigenvalue weighted by atomic mass is 16.2. The molecule has 6 nitrogen and oxygen atoms in total. The van der Waals surface area contributed by atoms with E-state index in [2.05, 4.69) is 10.2 Å². The summed E-state index contributed by atoms with van der Waals surface area (Å²) in [5.41, 5.74) is 0. The Morgan fingerprint density at radius 1 is 0.800 bits per heavy atom. The summed E-state index contributed by atoms with van der Waals surface area (Å²) in [5, 5.41) is 3.65. The third kappa shape index (κ3) is 4.17. The molecule has 6 heteroatoms. The highest BCUT2D eigenvalue weighted by Crippen LogP contribution is 2.33. The van der Waals surface area contributed by atoms with Gasteiger partial charge in [-0.05, 0) is 57.5 Å². The number of amides is 2. The molecule has 140 valence electrons. The molecule has 4 rings (SSSR count). The van der Waals surface area contributed by atoms with Crippen LogP contribution in [0.3, 0.4) is 0 Å². The van der Waals surface area contributed by atoms with Crippen LogP contribution in [0.2, 0.25) is 0 Å². The molecule has 0 aromatic carbocycles. The van der Waals surface area contributed by atoms with Gasteiger partial charge in [-0.15, -0.1) is 0 Å². The molecule has 4 saturated heterocycles. The Bertz CT molecular complexity index is 486. The molecule has 4 heterocycles. The fourth-order valence-electron chi connectivity index (χ4n) is 5.16. The summed E-state index contributed by atoms with van der Waals surface area (Å²) in [6.07, 6.45) is 8.03. The number of fused-ring (bicyclic) bond motifs is 2. The number of nitrogens with zero attached hydrogens (tertiary/aromatic N) is 3. The van der Waals surface area contributed by atoms with Crippen molar-refractivity contribution in [2.75, 3.05) is 45.8 Å². The molecule has 4 aliphatic rings. The van der Waals surface area contributed by atoms with Gasteiger partial charge in [0.15, 0.2) is 0 Å². The summed E-state index contributed by atoms with van der Waals surface area (Å²) in [5.74, 6) is 1.10. The molecular weight excluding hydrogens is 316 g/mol. The molecule has 0 aromatic heterocycles. The van der Waals surface area contributed by atoms with Crippen LogP contribution in [0.15, 0.2) is 0 Å². The Hall–Kier alpha value is -1.14. The SMILES string of the molecule is O=C(CC1CC2CCC(C1)N2)N1CCN(C(=O)CN2CCCC2)CC1. The summed E-state index contributed by atoms with van der Waals surface area (Å²) in [6.45, 7) is 5.51. The predicted octanol–water partition coefficient (Wildman–Crippen LogP) is 0.674. The lowest BCUT2D eigenvalue weighted by atomic mass is 9.89. The van der Waals surface area contributed by atoms with Crippen molar-refractivity contribution in [3.63, 3.8) is 0 Å². The first kappa shape index (κ1) is 17.3. The average Bonchev–Trinajstić information content (AvgIpc) is 3.24. The summed E-state index contributed by atoms with van der Waals surface area (Å²) < 4.78 is 0. The van der Waals surface area contributed by atoms with E-state index >= 15 is 0 Å². The number of rotatable bonds is 4. The monoisotopic (exact) mass is 348 g/mol.